The number of benzene rings is 2. The lowest BCUT2D eigenvalue weighted by atomic mass is 10.2. The summed E-state index contributed by atoms with van der Waals surface area (Å²) in [5.41, 5.74) is 0.919. The lowest BCUT2D eigenvalue weighted by Gasteiger charge is -2.25. The molecule has 0 saturated carbocycles. The van der Waals surface area contributed by atoms with Crippen LogP contribution in [-0.2, 0) is 11.3 Å². The molecule has 1 atom stereocenters. The Bertz CT molecular complexity index is 762. The minimum absolute atomic E-state index is 0.191. The fourth-order valence-electron chi connectivity index (χ4n) is 2.66. The van der Waals surface area contributed by atoms with Crippen molar-refractivity contribution < 1.29 is 23.7 Å². The van der Waals surface area contributed by atoms with Crippen molar-refractivity contribution in [1.82, 2.24) is 5.32 Å². The van der Waals surface area contributed by atoms with Crippen molar-refractivity contribution in [3.63, 3.8) is 0 Å². The molecule has 6 heteroatoms. The fraction of sp³-hybridized carbons (Fsp3) is 0.350. The van der Waals surface area contributed by atoms with Crippen LogP contribution in [0.4, 0.5) is 0 Å². The Kier molecular flexibility index (Phi) is 5.84. The molecule has 26 heavy (non-hydrogen) atoms. The van der Waals surface area contributed by atoms with E-state index in [1.807, 2.05) is 50.2 Å². The quantitative estimate of drug-likeness (QED) is 0.825. The highest BCUT2D eigenvalue weighted by atomic mass is 16.6. The first-order valence-corrected chi connectivity index (χ1v) is 8.76. The van der Waals surface area contributed by atoms with Crippen molar-refractivity contribution in [3.05, 3.63) is 48.0 Å². The van der Waals surface area contributed by atoms with Gasteiger partial charge >= 0.3 is 0 Å². The van der Waals surface area contributed by atoms with Gasteiger partial charge in [0.2, 0.25) is 6.10 Å². The molecule has 1 aliphatic heterocycles. The summed E-state index contributed by atoms with van der Waals surface area (Å²) in [6, 6.07) is 13.0. The number of hydrogen-bond donors (Lipinski definition) is 1. The third kappa shape index (κ3) is 4.20. The third-order valence-corrected chi connectivity index (χ3v) is 3.88. The van der Waals surface area contributed by atoms with E-state index in [0.717, 1.165) is 5.56 Å². The van der Waals surface area contributed by atoms with Gasteiger partial charge in [0.05, 0.1) is 13.2 Å². The molecule has 0 aromatic heterocycles. The zero-order valence-corrected chi connectivity index (χ0v) is 15.0. The Balaban J connectivity index is 1.60. The second-order valence-electron chi connectivity index (χ2n) is 5.73. The molecule has 2 aromatic carbocycles. The van der Waals surface area contributed by atoms with E-state index in [4.69, 9.17) is 18.9 Å². The van der Waals surface area contributed by atoms with Gasteiger partial charge in [-0.15, -0.1) is 0 Å². The van der Waals surface area contributed by atoms with Gasteiger partial charge in [-0.05, 0) is 43.7 Å². The van der Waals surface area contributed by atoms with Crippen LogP contribution in [0.5, 0.6) is 23.0 Å². The van der Waals surface area contributed by atoms with Crippen LogP contribution in [0.3, 0.4) is 0 Å². The molecule has 0 fully saturated rings. The summed E-state index contributed by atoms with van der Waals surface area (Å²) in [5.74, 6) is 2.40. The molecular weight excluding hydrogens is 334 g/mol. The maximum Gasteiger partial charge on any atom is 0.264 e. The number of nitrogens with one attached hydrogen (secondary N) is 1. The number of hydrogen-bond acceptors (Lipinski definition) is 5. The second-order valence-corrected chi connectivity index (χ2v) is 5.73. The van der Waals surface area contributed by atoms with Gasteiger partial charge in [0.1, 0.15) is 6.61 Å². The molecule has 6 nitrogen and oxygen atoms in total. The smallest absolute Gasteiger partial charge is 0.264 e. The molecule has 138 valence electrons. The molecule has 0 radical (unpaired) electrons. The van der Waals surface area contributed by atoms with Crippen molar-refractivity contribution in [2.75, 3.05) is 19.8 Å². The SMILES string of the molecule is CCOc1ccc(CNC(=O)[C@H]2COc3ccccc3O2)cc1OCC. The van der Waals surface area contributed by atoms with Crippen LogP contribution in [0.25, 0.3) is 0 Å². The van der Waals surface area contributed by atoms with Crippen molar-refractivity contribution in [2.45, 2.75) is 26.5 Å². The monoisotopic (exact) mass is 357 g/mol. The highest BCUT2D eigenvalue weighted by Gasteiger charge is 2.27. The van der Waals surface area contributed by atoms with Gasteiger partial charge < -0.3 is 24.3 Å². The van der Waals surface area contributed by atoms with Crippen molar-refractivity contribution in [3.8, 4) is 23.0 Å². The van der Waals surface area contributed by atoms with Gasteiger partial charge in [-0.2, -0.15) is 0 Å². The molecule has 1 N–H and O–H groups in total. The molecule has 0 bridgehead atoms. The van der Waals surface area contributed by atoms with Crippen molar-refractivity contribution in [2.24, 2.45) is 0 Å². The molecular formula is C20H23NO5. The van der Waals surface area contributed by atoms with Crippen LogP contribution < -0.4 is 24.3 Å². The summed E-state index contributed by atoms with van der Waals surface area (Å²) < 4.78 is 22.5. The van der Waals surface area contributed by atoms with Crippen LogP contribution >= 0.6 is 0 Å². The lowest BCUT2D eigenvalue weighted by molar-refractivity contribution is -0.130. The van der Waals surface area contributed by atoms with E-state index in [0.29, 0.717) is 42.8 Å². The molecule has 0 unspecified atom stereocenters. The normalized spacial score (nSPS) is 15.2. The van der Waals surface area contributed by atoms with Crippen LogP contribution in [-0.4, -0.2) is 31.8 Å². The predicted octanol–water partition coefficient (Wildman–Crippen LogP) is 2.94. The van der Waals surface area contributed by atoms with Gasteiger partial charge in [0.15, 0.2) is 23.0 Å². The van der Waals surface area contributed by atoms with Crippen molar-refractivity contribution >= 4 is 5.91 Å². The van der Waals surface area contributed by atoms with E-state index >= 15 is 0 Å². The first-order chi connectivity index (χ1) is 12.7. The van der Waals surface area contributed by atoms with Gasteiger partial charge in [0.25, 0.3) is 5.91 Å². The predicted molar refractivity (Wildman–Crippen MR) is 97.0 cm³/mol. The average molecular weight is 357 g/mol. The minimum Gasteiger partial charge on any atom is -0.490 e. The Morgan fingerprint density at radius 2 is 1.81 bits per heavy atom. The molecule has 1 heterocycles. The molecule has 0 spiro atoms. The van der Waals surface area contributed by atoms with Crippen LogP contribution in [0.15, 0.2) is 42.5 Å². The number of ether oxygens (including phenoxy) is 4. The molecule has 2 aromatic rings. The first-order valence-electron chi connectivity index (χ1n) is 8.76. The highest BCUT2D eigenvalue weighted by Crippen LogP contribution is 2.31. The Labute approximate surface area is 153 Å². The Morgan fingerprint density at radius 1 is 1.08 bits per heavy atom. The summed E-state index contributed by atoms with van der Waals surface area (Å²) in [5, 5.41) is 2.88. The largest absolute Gasteiger partial charge is 0.490 e. The van der Waals surface area contributed by atoms with E-state index < -0.39 is 6.10 Å². The zero-order chi connectivity index (χ0) is 18.4. The summed E-state index contributed by atoms with van der Waals surface area (Å²) in [7, 11) is 0. The number of carbonyl (C=O) groups excluding carboxylic acids is 1. The van der Waals surface area contributed by atoms with Crippen LogP contribution in [0.2, 0.25) is 0 Å². The number of fused-ring (bicyclic) bond motifs is 1. The van der Waals surface area contributed by atoms with E-state index in [-0.39, 0.29) is 12.5 Å². The third-order valence-electron chi connectivity index (χ3n) is 3.88. The van der Waals surface area contributed by atoms with Gasteiger partial charge in [-0.1, -0.05) is 18.2 Å². The summed E-state index contributed by atoms with van der Waals surface area (Å²) >= 11 is 0. The van der Waals surface area contributed by atoms with Gasteiger partial charge in [-0.3, -0.25) is 4.79 Å². The number of rotatable bonds is 7. The molecule has 1 amide bonds. The fourth-order valence-corrected chi connectivity index (χ4v) is 2.66. The molecule has 3 rings (SSSR count). The zero-order valence-electron chi connectivity index (χ0n) is 15.0. The average Bonchev–Trinajstić information content (AvgIpc) is 2.68. The number of carbonyl (C=O) groups is 1. The maximum absolute atomic E-state index is 12.4. The van der Waals surface area contributed by atoms with E-state index in [1.165, 1.54) is 0 Å². The number of amides is 1. The van der Waals surface area contributed by atoms with E-state index in [1.54, 1.807) is 6.07 Å². The second kappa shape index (κ2) is 8.47. The summed E-state index contributed by atoms with van der Waals surface area (Å²) in [4.78, 5) is 12.4. The van der Waals surface area contributed by atoms with Gasteiger partial charge in [0, 0.05) is 6.54 Å². The molecule has 0 aliphatic carbocycles. The van der Waals surface area contributed by atoms with E-state index in [2.05, 4.69) is 5.32 Å². The highest BCUT2D eigenvalue weighted by molar-refractivity contribution is 5.81. The standard InChI is InChI=1S/C20H23NO5/c1-3-23-16-10-9-14(11-18(16)24-4-2)12-21-20(22)19-13-25-15-7-5-6-8-17(15)26-19/h5-11,19H,3-4,12-13H2,1-2H3,(H,21,22)/t19-/m1/s1. The first kappa shape index (κ1) is 17.9. The van der Waals surface area contributed by atoms with Crippen molar-refractivity contribution in [1.29, 1.82) is 0 Å². The molecule has 1 aliphatic rings. The Hall–Kier alpha value is -2.89. The number of para-hydroxylation sites is 2. The summed E-state index contributed by atoms with van der Waals surface area (Å²) in [6.45, 7) is 5.51. The summed E-state index contributed by atoms with van der Waals surface area (Å²) in [6.07, 6.45) is -0.668. The topological polar surface area (TPSA) is 66.0 Å². The minimum atomic E-state index is -0.668. The Morgan fingerprint density at radius 3 is 2.58 bits per heavy atom. The van der Waals surface area contributed by atoms with Crippen LogP contribution in [0, 0.1) is 0 Å². The van der Waals surface area contributed by atoms with Crippen LogP contribution in [0.1, 0.15) is 19.4 Å². The maximum atomic E-state index is 12.4. The van der Waals surface area contributed by atoms with E-state index in [9.17, 15) is 4.79 Å². The lowest BCUT2D eigenvalue weighted by Crippen LogP contribution is -2.43. The van der Waals surface area contributed by atoms with Gasteiger partial charge in [-0.25, -0.2) is 0 Å². The molecule has 0 saturated heterocycles.